The molecule has 0 bridgehead atoms. The summed E-state index contributed by atoms with van der Waals surface area (Å²) in [6.45, 7) is -1.46. The van der Waals surface area contributed by atoms with Crippen LogP contribution in [0.15, 0.2) is 48.5 Å². The van der Waals surface area contributed by atoms with Gasteiger partial charge >= 0.3 is 6.61 Å². The molecule has 0 aliphatic heterocycles. The molecule has 1 N–H and O–H groups in total. The molecule has 6 nitrogen and oxygen atoms in total. The fourth-order valence-electron chi connectivity index (χ4n) is 2.53. The number of nitrogens with zero attached hydrogens (tertiary/aromatic N) is 1. The first-order valence-electron chi connectivity index (χ1n) is 8.72. The number of alkyl halides is 2. The minimum atomic E-state index is -2.84. The van der Waals surface area contributed by atoms with Gasteiger partial charge in [-0.15, -0.1) is 0 Å². The molecule has 0 atom stereocenters. The van der Waals surface area contributed by atoms with E-state index in [0.29, 0.717) is 31.2 Å². The summed E-state index contributed by atoms with van der Waals surface area (Å²) in [5.74, 6) is 1.23. The normalized spacial score (nSPS) is 10.8. The molecule has 2 aromatic rings. The van der Waals surface area contributed by atoms with Crippen LogP contribution in [0.1, 0.15) is 5.56 Å². The van der Waals surface area contributed by atoms with Crippen LogP contribution in [0.4, 0.5) is 8.78 Å². The van der Waals surface area contributed by atoms with Crippen LogP contribution in [0, 0.1) is 0 Å². The van der Waals surface area contributed by atoms with E-state index in [0.717, 1.165) is 5.56 Å². The number of nitrogens with one attached hydrogen (secondary N) is 1. The maximum Gasteiger partial charge on any atom is 0.387 e. The highest BCUT2D eigenvalue weighted by Gasteiger charge is 2.09. The fourth-order valence-corrected chi connectivity index (χ4v) is 2.53. The molecule has 0 heterocycles. The van der Waals surface area contributed by atoms with Crippen LogP contribution in [0.2, 0.25) is 0 Å². The molecule has 0 saturated carbocycles. The summed E-state index contributed by atoms with van der Waals surface area (Å²) in [5.41, 5.74) is 0.886. The third-order valence-corrected chi connectivity index (χ3v) is 3.77. The van der Waals surface area contributed by atoms with Gasteiger partial charge in [0, 0.05) is 6.54 Å². The van der Waals surface area contributed by atoms with E-state index < -0.39 is 6.61 Å². The number of carbonyl (C=O) groups excluding carboxylic acids is 1. The van der Waals surface area contributed by atoms with Crippen LogP contribution in [0.5, 0.6) is 17.2 Å². The average Bonchev–Trinajstić information content (AvgIpc) is 2.66. The SMILES string of the molecule is COc1ccccc1OCCNC(=O)CN(C)Cc1ccc(OC(F)F)cc1. The van der Waals surface area contributed by atoms with E-state index in [1.165, 1.54) is 12.1 Å². The molecule has 0 spiro atoms. The zero-order chi connectivity index (χ0) is 20.4. The van der Waals surface area contributed by atoms with Gasteiger partial charge in [0.15, 0.2) is 11.5 Å². The van der Waals surface area contributed by atoms with Gasteiger partial charge in [-0.25, -0.2) is 0 Å². The van der Waals surface area contributed by atoms with Gasteiger partial charge in [0.25, 0.3) is 0 Å². The molecule has 0 aromatic heterocycles. The molecule has 0 aliphatic rings. The summed E-state index contributed by atoms with van der Waals surface area (Å²) < 4.78 is 39.4. The number of halogens is 2. The quantitative estimate of drug-likeness (QED) is 0.594. The minimum absolute atomic E-state index is 0.106. The number of benzene rings is 2. The average molecular weight is 394 g/mol. The van der Waals surface area contributed by atoms with E-state index in [4.69, 9.17) is 9.47 Å². The van der Waals surface area contributed by atoms with Gasteiger partial charge in [-0.1, -0.05) is 24.3 Å². The van der Waals surface area contributed by atoms with Crippen molar-refractivity contribution in [1.29, 1.82) is 0 Å². The summed E-state index contributed by atoms with van der Waals surface area (Å²) in [7, 11) is 3.37. The Morgan fingerprint density at radius 2 is 1.79 bits per heavy atom. The number of rotatable bonds is 11. The van der Waals surface area contributed by atoms with Crippen molar-refractivity contribution in [3.05, 3.63) is 54.1 Å². The van der Waals surface area contributed by atoms with E-state index in [1.807, 2.05) is 17.0 Å². The summed E-state index contributed by atoms with van der Waals surface area (Å²) in [4.78, 5) is 13.8. The maximum absolute atomic E-state index is 12.1. The van der Waals surface area contributed by atoms with Crippen molar-refractivity contribution in [1.82, 2.24) is 10.2 Å². The molecular formula is C20H24F2N2O4. The lowest BCUT2D eigenvalue weighted by Gasteiger charge is -2.17. The molecular weight excluding hydrogens is 370 g/mol. The van der Waals surface area contributed by atoms with Crippen molar-refractivity contribution in [3.63, 3.8) is 0 Å². The van der Waals surface area contributed by atoms with Crippen LogP contribution in [0.3, 0.4) is 0 Å². The second kappa shape index (κ2) is 11.1. The van der Waals surface area contributed by atoms with Crippen molar-refractivity contribution in [2.24, 2.45) is 0 Å². The molecule has 0 aliphatic carbocycles. The Morgan fingerprint density at radius 1 is 1.11 bits per heavy atom. The smallest absolute Gasteiger partial charge is 0.387 e. The van der Waals surface area contributed by atoms with E-state index in [2.05, 4.69) is 10.1 Å². The lowest BCUT2D eigenvalue weighted by molar-refractivity contribution is -0.122. The van der Waals surface area contributed by atoms with Gasteiger partial charge in [0.2, 0.25) is 5.91 Å². The lowest BCUT2D eigenvalue weighted by atomic mass is 10.2. The second-order valence-corrected chi connectivity index (χ2v) is 6.04. The standard InChI is InChI=1S/C20H24F2N2O4/c1-24(13-15-7-9-16(10-8-15)28-20(21)22)14-19(25)23-11-12-27-18-6-4-3-5-17(18)26-2/h3-10,20H,11-14H2,1-2H3,(H,23,25). The third kappa shape index (κ3) is 7.40. The third-order valence-electron chi connectivity index (χ3n) is 3.77. The number of carbonyl (C=O) groups is 1. The number of likely N-dealkylation sites (N-methyl/N-ethyl adjacent to an activating group) is 1. The topological polar surface area (TPSA) is 60.0 Å². The van der Waals surface area contributed by atoms with Crippen LogP contribution < -0.4 is 19.5 Å². The molecule has 2 rings (SSSR count). The Hall–Kier alpha value is -2.87. The molecule has 0 radical (unpaired) electrons. The first-order valence-corrected chi connectivity index (χ1v) is 8.72. The number of hydrogen-bond donors (Lipinski definition) is 1. The summed E-state index contributed by atoms with van der Waals surface area (Å²) in [5, 5.41) is 2.79. The number of hydrogen-bond acceptors (Lipinski definition) is 5. The van der Waals surface area contributed by atoms with Gasteiger partial charge in [-0.05, 0) is 36.9 Å². The number of amides is 1. The van der Waals surface area contributed by atoms with E-state index in [1.54, 1.807) is 38.4 Å². The zero-order valence-corrected chi connectivity index (χ0v) is 15.9. The highest BCUT2D eigenvalue weighted by molar-refractivity contribution is 5.77. The van der Waals surface area contributed by atoms with Crippen LogP contribution in [-0.2, 0) is 11.3 Å². The Kier molecular flexibility index (Phi) is 8.48. The summed E-state index contributed by atoms with van der Waals surface area (Å²) in [6, 6.07) is 13.6. The van der Waals surface area contributed by atoms with Gasteiger partial charge in [-0.3, -0.25) is 9.69 Å². The Morgan fingerprint density at radius 3 is 2.43 bits per heavy atom. The molecule has 28 heavy (non-hydrogen) atoms. The Balaban J connectivity index is 1.68. The molecule has 0 fully saturated rings. The Bertz CT molecular complexity index is 741. The summed E-state index contributed by atoms with van der Waals surface area (Å²) >= 11 is 0. The van der Waals surface area contributed by atoms with Gasteiger partial charge in [-0.2, -0.15) is 8.78 Å². The summed E-state index contributed by atoms with van der Waals surface area (Å²) in [6.07, 6.45) is 0. The number of ether oxygens (including phenoxy) is 3. The molecule has 0 unspecified atom stereocenters. The highest BCUT2D eigenvalue weighted by Crippen LogP contribution is 2.25. The van der Waals surface area contributed by atoms with Crippen LogP contribution in [0.25, 0.3) is 0 Å². The largest absolute Gasteiger partial charge is 0.493 e. The number of para-hydroxylation sites is 2. The second-order valence-electron chi connectivity index (χ2n) is 6.04. The maximum atomic E-state index is 12.1. The molecule has 2 aromatic carbocycles. The van der Waals surface area contributed by atoms with Crippen molar-refractivity contribution in [2.45, 2.75) is 13.2 Å². The van der Waals surface area contributed by atoms with Gasteiger partial charge in [0.05, 0.1) is 20.2 Å². The highest BCUT2D eigenvalue weighted by atomic mass is 19.3. The predicted molar refractivity (Wildman–Crippen MR) is 101 cm³/mol. The first-order chi connectivity index (χ1) is 13.5. The van der Waals surface area contributed by atoms with Crippen molar-refractivity contribution in [3.8, 4) is 17.2 Å². The minimum Gasteiger partial charge on any atom is -0.493 e. The van der Waals surface area contributed by atoms with Crippen LogP contribution >= 0.6 is 0 Å². The van der Waals surface area contributed by atoms with E-state index in [9.17, 15) is 13.6 Å². The molecule has 1 amide bonds. The zero-order valence-electron chi connectivity index (χ0n) is 15.9. The van der Waals surface area contributed by atoms with Crippen molar-refractivity contribution < 1.29 is 27.8 Å². The van der Waals surface area contributed by atoms with Gasteiger partial charge in [0.1, 0.15) is 12.4 Å². The van der Waals surface area contributed by atoms with Crippen molar-refractivity contribution in [2.75, 3.05) is 33.9 Å². The molecule has 0 saturated heterocycles. The van der Waals surface area contributed by atoms with Crippen LogP contribution in [-0.4, -0.2) is 51.3 Å². The predicted octanol–water partition coefficient (Wildman–Crippen LogP) is 2.92. The number of methoxy groups -OCH3 is 1. The molecule has 8 heteroatoms. The van der Waals surface area contributed by atoms with Gasteiger partial charge < -0.3 is 19.5 Å². The first kappa shape index (κ1) is 21.4. The van der Waals surface area contributed by atoms with E-state index in [-0.39, 0.29) is 18.2 Å². The van der Waals surface area contributed by atoms with Crippen molar-refractivity contribution >= 4 is 5.91 Å². The van der Waals surface area contributed by atoms with E-state index >= 15 is 0 Å². The monoisotopic (exact) mass is 394 g/mol. The molecule has 152 valence electrons. The fraction of sp³-hybridized carbons (Fsp3) is 0.350. The Labute approximate surface area is 163 Å². The lowest BCUT2D eigenvalue weighted by Crippen LogP contribution is -2.36.